The van der Waals surface area contributed by atoms with Crippen molar-refractivity contribution in [2.45, 2.75) is 58.1 Å². The molecule has 0 saturated heterocycles. The van der Waals surface area contributed by atoms with Gasteiger partial charge in [-0.05, 0) is 55.9 Å². The van der Waals surface area contributed by atoms with E-state index in [2.05, 4.69) is 22.4 Å². The summed E-state index contributed by atoms with van der Waals surface area (Å²) in [6, 6.07) is 6.54. The molecule has 8 nitrogen and oxygen atoms in total. The summed E-state index contributed by atoms with van der Waals surface area (Å²) in [6.07, 6.45) is 3.12. The van der Waals surface area contributed by atoms with Gasteiger partial charge in [0.15, 0.2) is 6.61 Å². The number of amides is 1. The van der Waals surface area contributed by atoms with Crippen molar-refractivity contribution in [3.8, 4) is 5.75 Å². The predicted molar refractivity (Wildman–Crippen MR) is 99.9 cm³/mol. The molecular formula is C20H25N3O5. The molecule has 1 aliphatic carbocycles. The Kier molecular flexibility index (Phi) is 5.96. The normalized spacial score (nSPS) is 21.9. The number of aromatic nitrogens is 2. The Hall–Kier alpha value is -2.90. The van der Waals surface area contributed by atoms with Crippen LogP contribution < -0.4 is 10.1 Å². The molecule has 150 valence electrons. The number of carbonyl (C=O) groups excluding carboxylic acids is 1. The van der Waals surface area contributed by atoms with E-state index in [1.807, 2.05) is 6.92 Å². The van der Waals surface area contributed by atoms with Crippen LogP contribution in [0.5, 0.6) is 5.75 Å². The van der Waals surface area contributed by atoms with Crippen molar-refractivity contribution in [3.63, 3.8) is 0 Å². The minimum Gasteiger partial charge on any atom is -0.485 e. The van der Waals surface area contributed by atoms with Crippen molar-refractivity contribution in [2.75, 3.05) is 0 Å². The number of benzene rings is 1. The number of rotatable bonds is 7. The van der Waals surface area contributed by atoms with Crippen LogP contribution in [0.25, 0.3) is 0 Å². The summed E-state index contributed by atoms with van der Waals surface area (Å²) in [6.45, 7) is 4.18. The fourth-order valence-corrected chi connectivity index (χ4v) is 3.28. The molecule has 0 bridgehead atoms. The Morgan fingerprint density at radius 3 is 2.54 bits per heavy atom. The van der Waals surface area contributed by atoms with Crippen LogP contribution in [0, 0.1) is 5.92 Å². The highest BCUT2D eigenvalue weighted by molar-refractivity contribution is 5.98. The number of nitrogens with zero attached hydrogens (tertiary/aromatic N) is 2. The number of carboxylic acid groups (broad SMARTS) is 1. The maximum absolute atomic E-state index is 12.6. The number of aliphatic carboxylic acids is 1. The number of aryl methyl sites for hydroxylation is 1. The average Bonchev–Trinajstić information content (AvgIpc) is 3.16. The minimum absolute atomic E-state index is 0.162. The summed E-state index contributed by atoms with van der Waals surface area (Å²) in [5.41, 5.74) is -0.798. The lowest BCUT2D eigenvalue weighted by molar-refractivity contribution is -0.146. The van der Waals surface area contributed by atoms with Crippen LogP contribution in [0.4, 0.5) is 0 Å². The third-order valence-electron chi connectivity index (χ3n) is 5.19. The second kappa shape index (κ2) is 8.41. The number of ether oxygens (including phenoxy) is 1. The fourth-order valence-electron chi connectivity index (χ4n) is 3.28. The van der Waals surface area contributed by atoms with Crippen molar-refractivity contribution in [3.05, 3.63) is 41.5 Å². The van der Waals surface area contributed by atoms with Crippen LogP contribution in [0.1, 0.15) is 61.6 Å². The molecule has 3 rings (SSSR count). The summed E-state index contributed by atoms with van der Waals surface area (Å²) in [5, 5.41) is 16.2. The summed E-state index contributed by atoms with van der Waals surface area (Å²) in [4.78, 5) is 28.5. The van der Waals surface area contributed by atoms with Crippen LogP contribution in [-0.2, 0) is 17.8 Å². The van der Waals surface area contributed by atoms with Gasteiger partial charge in [0.25, 0.3) is 5.91 Å². The summed E-state index contributed by atoms with van der Waals surface area (Å²) >= 11 is 0. The molecule has 28 heavy (non-hydrogen) atoms. The van der Waals surface area contributed by atoms with Gasteiger partial charge in [-0.25, -0.2) is 4.79 Å². The standard InChI is InChI=1S/C20H25N3O5/c1-3-17-21-16(23-28-17)12-27-15-6-4-14(5-7-15)18(24)22-20(19(25)26)10-8-13(2)9-11-20/h4-7,13H,3,8-12H2,1-2H3,(H,22,24)(H,25,26). The largest absolute Gasteiger partial charge is 0.485 e. The van der Waals surface area contributed by atoms with Gasteiger partial charge in [0.1, 0.15) is 11.3 Å². The third kappa shape index (κ3) is 4.49. The summed E-state index contributed by atoms with van der Waals surface area (Å²) < 4.78 is 10.6. The number of hydrogen-bond donors (Lipinski definition) is 2. The van der Waals surface area contributed by atoms with E-state index < -0.39 is 17.4 Å². The van der Waals surface area contributed by atoms with Gasteiger partial charge in [-0.2, -0.15) is 4.98 Å². The first-order chi connectivity index (χ1) is 13.4. The Morgan fingerprint density at radius 2 is 1.96 bits per heavy atom. The Morgan fingerprint density at radius 1 is 1.29 bits per heavy atom. The zero-order chi connectivity index (χ0) is 20.1. The molecule has 0 unspecified atom stereocenters. The monoisotopic (exact) mass is 387 g/mol. The van der Waals surface area contributed by atoms with Crippen molar-refractivity contribution in [1.82, 2.24) is 15.5 Å². The van der Waals surface area contributed by atoms with Crippen molar-refractivity contribution in [1.29, 1.82) is 0 Å². The number of nitrogens with one attached hydrogen (secondary N) is 1. The SMILES string of the molecule is CCc1nc(COc2ccc(C(=O)NC3(C(=O)O)CCC(C)CC3)cc2)no1. The number of carboxylic acids is 1. The number of carbonyl (C=O) groups is 2. The van der Waals surface area contributed by atoms with Gasteiger partial charge in [-0.1, -0.05) is 19.0 Å². The van der Waals surface area contributed by atoms with Gasteiger partial charge in [-0.3, -0.25) is 4.79 Å². The zero-order valence-corrected chi connectivity index (χ0v) is 16.1. The highest BCUT2D eigenvalue weighted by Gasteiger charge is 2.42. The van der Waals surface area contributed by atoms with Crippen LogP contribution in [0.15, 0.2) is 28.8 Å². The Bertz CT molecular complexity index is 823. The van der Waals surface area contributed by atoms with E-state index in [9.17, 15) is 14.7 Å². The molecule has 0 atom stereocenters. The van der Waals surface area contributed by atoms with Gasteiger partial charge in [0.05, 0.1) is 0 Å². The Labute approximate surface area is 163 Å². The van der Waals surface area contributed by atoms with Gasteiger partial charge >= 0.3 is 5.97 Å². The van der Waals surface area contributed by atoms with Gasteiger partial charge in [0, 0.05) is 12.0 Å². The predicted octanol–water partition coefficient (Wildman–Crippen LogP) is 2.97. The summed E-state index contributed by atoms with van der Waals surface area (Å²) in [7, 11) is 0. The molecule has 1 fully saturated rings. The molecule has 0 radical (unpaired) electrons. The van der Waals surface area contributed by atoms with E-state index in [0.29, 0.717) is 48.2 Å². The van der Waals surface area contributed by atoms with Crippen molar-refractivity contribution < 1.29 is 24.0 Å². The quantitative estimate of drug-likeness (QED) is 0.750. The molecule has 2 N–H and O–H groups in total. The second-order valence-electron chi connectivity index (χ2n) is 7.29. The minimum atomic E-state index is -1.19. The van der Waals surface area contributed by atoms with Crippen molar-refractivity contribution in [2.24, 2.45) is 5.92 Å². The van der Waals surface area contributed by atoms with Gasteiger partial charge in [0.2, 0.25) is 11.7 Å². The zero-order valence-electron chi connectivity index (χ0n) is 16.1. The molecule has 2 aromatic rings. The fraction of sp³-hybridized carbons (Fsp3) is 0.500. The molecule has 8 heteroatoms. The first kappa shape index (κ1) is 19.9. The lowest BCUT2D eigenvalue weighted by Crippen LogP contribution is -2.56. The molecular weight excluding hydrogens is 362 g/mol. The summed E-state index contributed by atoms with van der Waals surface area (Å²) in [5.74, 6) is 0.671. The molecule has 1 saturated carbocycles. The molecule has 0 aliphatic heterocycles. The topological polar surface area (TPSA) is 115 Å². The van der Waals surface area contributed by atoms with Crippen molar-refractivity contribution >= 4 is 11.9 Å². The lowest BCUT2D eigenvalue weighted by atomic mass is 9.77. The van der Waals surface area contributed by atoms with E-state index in [1.165, 1.54) is 0 Å². The van der Waals surface area contributed by atoms with Crippen LogP contribution in [0.2, 0.25) is 0 Å². The van der Waals surface area contributed by atoms with E-state index in [0.717, 1.165) is 12.8 Å². The van der Waals surface area contributed by atoms with E-state index in [4.69, 9.17) is 9.26 Å². The van der Waals surface area contributed by atoms with E-state index >= 15 is 0 Å². The molecule has 1 aromatic carbocycles. The number of hydrogen-bond acceptors (Lipinski definition) is 6. The molecule has 0 spiro atoms. The third-order valence-corrected chi connectivity index (χ3v) is 5.19. The van der Waals surface area contributed by atoms with E-state index in [-0.39, 0.29) is 6.61 Å². The first-order valence-corrected chi connectivity index (χ1v) is 9.52. The first-order valence-electron chi connectivity index (χ1n) is 9.52. The maximum Gasteiger partial charge on any atom is 0.329 e. The smallest absolute Gasteiger partial charge is 0.329 e. The molecule has 1 aliphatic rings. The van der Waals surface area contributed by atoms with Gasteiger partial charge in [-0.15, -0.1) is 0 Å². The van der Waals surface area contributed by atoms with Gasteiger partial charge < -0.3 is 19.7 Å². The Balaban J connectivity index is 1.60. The second-order valence-corrected chi connectivity index (χ2v) is 7.29. The van der Waals surface area contributed by atoms with E-state index in [1.54, 1.807) is 24.3 Å². The molecule has 1 amide bonds. The van der Waals surface area contributed by atoms with Crippen LogP contribution in [0.3, 0.4) is 0 Å². The van der Waals surface area contributed by atoms with Crippen LogP contribution >= 0.6 is 0 Å². The highest BCUT2D eigenvalue weighted by Crippen LogP contribution is 2.32. The lowest BCUT2D eigenvalue weighted by Gasteiger charge is -2.36. The van der Waals surface area contributed by atoms with Crippen LogP contribution in [-0.4, -0.2) is 32.7 Å². The average molecular weight is 387 g/mol. The highest BCUT2D eigenvalue weighted by atomic mass is 16.5. The molecule has 1 heterocycles. The molecule has 1 aromatic heterocycles. The maximum atomic E-state index is 12.6.